The fraction of sp³-hybridized carbons (Fsp3) is 0.400. The van der Waals surface area contributed by atoms with Crippen LogP contribution in [0.15, 0.2) is 48.5 Å². The van der Waals surface area contributed by atoms with Gasteiger partial charge in [-0.15, -0.1) is 0 Å². The van der Waals surface area contributed by atoms with Gasteiger partial charge in [-0.05, 0) is 67.2 Å². The normalized spacial score (nSPS) is 18.9. The van der Waals surface area contributed by atoms with Crippen molar-refractivity contribution in [2.45, 2.75) is 44.6 Å². The summed E-state index contributed by atoms with van der Waals surface area (Å²) >= 11 is 0. The van der Waals surface area contributed by atoms with E-state index in [0.717, 1.165) is 5.92 Å². The molecule has 1 fully saturated rings. The highest BCUT2D eigenvalue weighted by molar-refractivity contribution is 5.57. The van der Waals surface area contributed by atoms with Gasteiger partial charge in [-0.25, -0.2) is 0 Å². The van der Waals surface area contributed by atoms with E-state index in [1.807, 2.05) is 0 Å². The molecule has 1 atom stereocenters. The molecule has 0 spiro atoms. The topological polar surface area (TPSA) is 12.0 Å². The van der Waals surface area contributed by atoms with Gasteiger partial charge in [-0.1, -0.05) is 42.5 Å². The third kappa shape index (κ3) is 2.70. The largest absolute Gasteiger partial charge is 0.378 e. The van der Waals surface area contributed by atoms with Gasteiger partial charge in [-0.2, -0.15) is 0 Å². The second-order valence-corrected chi connectivity index (χ2v) is 6.52. The van der Waals surface area contributed by atoms with Crippen molar-refractivity contribution in [1.29, 1.82) is 0 Å². The third-order valence-electron chi connectivity index (χ3n) is 4.96. The fourth-order valence-electron chi connectivity index (χ4n) is 3.65. The second-order valence-electron chi connectivity index (χ2n) is 6.52. The highest BCUT2D eigenvalue weighted by atomic mass is 14.9. The molecule has 2 aromatic rings. The molecule has 108 valence electrons. The van der Waals surface area contributed by atoms with E-state index < -0.39 is 0 Å². The molecule has 21 heavy (non-hydrogen) atoms. The highest BCUT2D eigenvalue weighted by Gasteiger charge is 2.32. The summed E-state index contributed by atoms with van der Waals surface area (Å²) in [6.45, 7) is 0. The molecule has 0 saturated heterocycles. The maximum absolute atomic E-state index is 3.89. The smallest absolute Gasteiger partial charge is 0.0542 e. The minimum Gasteiger partial charge on any atom is -0.378 e. The maximum Gasteiger partial charge on any atom is 0.0542 e. The zero-order chi connectivity index (χ0) is 14.1. The molecule has 0 aromatic heterocycles. The lowest BCUT2D eigenvalue weighted by molar-refractivity contribution is 0.663. The molecule has 0 heterocycles. The SMILES string of the molecule is c1ccc(C(Nc2cccc3c2CCCC3)C2CC2)cc1. The third-order valence-corrected chi connectivity index (χ3v) is 4.96. The molecule has 0 aliphatic heterocycles. The van der Waals surface area contributed by atoms with Crippen LogP contribution in [-0.4, -0.2) is 0 Å². The molecule has 1 unspecified atom stereocenters. The van der Waals surface area contributed by atoms with Crippen molar-refractivity contribution in [1.82, 2.24) is 0 Å². The first-order valence-corrected chi connectivity index (χ1v) is 8.34. The summed E-state index contributed by atoms with van der Waals surface area (Å²) in [4.78, 5) is 0. The molecule has 2 aromatic carbocycles. The van der Waals surface area contributed by atoms with Gasteiger partial charge in [0, 0.05) is 5.69 Å². The lowest BCUT2D eigenvalue weighted by Crippen LogP contribution is -2.15. The number of fused-ring (bicyclic) bond motifs is 1. The molecule has 1 heteroatoms. The number of hydrogen-bond acceptors (Lipinski definition) is 1. The molecule has 0 amide bonds. The first-order chi connectivity index (χ1) is 10.4. The Hall–Kier alpha value is -1.76. The van der Waals surface area contributed by atoms with Crippen molar-refractivity contribution in [2.24, 2.45) is 5.92 Å². The van der Waals surface area contributed by atoms with Gasteiger partial charge in [0.2, 0.25) is 0 Å². The summed E-state index contributed by atoms with van der Waals surface area (Å²) in [5.74, 6) is 0.812. The highest BCUT2D eigenvalue weighted by Crippen LogP contribution is 2.43. The first kappa shape index (κ1) is 12.9. The Morgan fingerprint density at radius 3 is 2.48 bits per heavy atom. The van der Waals surface area contributed by atoms with Crippen molar-refractivity contribution in [3.8, 4) is 0 Å². The van der Waals surface area contributed by atoms with E-state index in [4.69, 9.17) is 0 Å². The molecule has 1 nitrogen and oxygen atoms in total. The standard InChI is InChI=1S/C20H23N/c1-2-8-16(9-3-1)20(17-13-14-17)21-19-12-6-10-15-7-4-5-11-18(15)19/h1-3,6,8-10,12,17,20-21H,4-5,7,11,13-14H2. The number of nitrogens with one attached hydrogen (secondary N) is 1. The fourth-order valence-corrected chi connectivity index (χ4v) is 3.65. The van der Waals surface area contributed by atoms with Crippen molar-refractivity contribution in [3.05, 3.63) is 65.2 Å². The Balaban J connectivity index is 1.64. The van der Waals surface area contributed by atoms with E-state index in [-0.39, 0.29) is 0 Å². The van der Waals surface area contributed by atoms with Gasteiger partial charge >= 0.3 is 0 Å². The maximum atomic E-state index is 3.89. The molecule has 0 radical (unpaired) electrons. The zero-order valence-electron chi connectivity index (χ0n) is 12.5. The van der Waals surface area contributed by atoms with Gasteiger partial charge < -0.3 is 5.32 Å². The molecular weight excluding hydrogens is 254 g/mol. The number of aryl methyl sites for hydroxylation is 1. The van der Waals surface area contributed by atoms with Gasteiger partial charge in [0.25, 0.3) is 0 Å². The Bertz CT molecular complexity index is 613. The van der Waals surface area contributed by atoms with E-state index in [0.29, 0.717) is 6.04 Å². The minimum absolute atomic E-state index is 0.486. The second kappa shape index (κ2) is 5.55. The van der Waals surface area contributed by atoms with Crippen LogP contribution < -0.4 is 5.32 Å². The molecule has 1 N–H and O–H groups in total. The number of rotatable bonds is 4. The van der Waals surface area contributed by atoms with Crippen LogP contribution in [0.1, 0.15) is 48.4 Å². The van der Waals surface area contributed by atoms with Crippen molar-refractivity contribution < 1.29 is 0 Å². The van der Waals surface area contributed by atoms with Crippen molar-refractivity contribution in [2.75, 3.05) is 5.32 Å². The van der Waals surface area contributed by atoms with Crippen LogP contribution in [0.4, 0.5) is 5.69 Å². The van der Waals surface area contributed by atoms with Gasteiger partial charge in [-0.3, -0.25) is 0 Å². The van der Waals surface area contributed by atoms with E-state index in [1.165, 1.54) is 49.8 Å². The van der Waals surface area contributed by atoms with E-state index >= 15 is 0 Å². The van der Waals surface area contributed by atoms with E-state index in [2.05, 4.69) is 53.8 Å². The lowest BCUT2D eigenvalue weighted by Gasteiger charge is -2.25. The van der Waals surface area contributed by atoms with Crippen molar-refractivity contribution in [3.63, 3.8) is 0 Å². The zero-order valence-corrected chi connectivity index (χ0v) is 12.5. The van der Waals surface area contributed by atoms with E-state index in [9.17, 15) is 0 Å². The van der Waals surface area contributed by atoms with Gasteiger partial charge in [0.05, 0.1) is 6.04 Å². The summed E-state index contributed by atoms with van der Waals surface area (Å²) in [6.07, 6.45) is 7.91. The predicted octanol–water partition coefficient (Wildman–Crippen LogP) is 5.13. The van der Waals surface area contributed by atoms with Crippen LogP contribution in [0.3, 0.4) is 0 Å². The molecule has 1 saturated carbocycles. The van der Waals surface area contributed by atoms with Gasteiger partial charge in [0.15, 0.2) is 0 Å². The number of hydrogen-bond donors (Lipinski definition) is 1. The molecule has 2 aliphatic rings. The Morgan fingerprint density at radius 2 is 1.67 bits per heavy atom. The van der Waals surface area contributed by atoms with Crippen LogP contribution in [0, 0.1) is 5.92 Å². The molecule has 2 aliphatic carbocycles. The quantitative estimate of drug-likeness (QED) is 0.817. The average Bonchev–Trinajstić information content (AvgIpc) is 3.38. The van der Waals surface area contributed by atoms with Crippen LogP contribution in [0.2, 0.25) is 0 Å². The average molecular weight is 277 g/mol. The van der Waals surface area contributed by atoms with Crippen LogP contribution in [0.25, 0.3) is 0 Å². The van der Waals surface area contributed by atoms with Crippen molar-refractivity contribution >= 4 is 5.69 Å². The summed E-state index contributed by atoms with van der Waals surface area (Å²) < 4.78 is 0. The summed E-state index contributed by atoms with van der Waals surface area (Å²) in [6, 6.07) is 18.3. The van der Waals surface area contributed by atoms with Crippen LogP contribution in [0.5, 0.6) is 0 Å². The summed E-state index contributed by atoms with van der Waals surface area (Å²) in [5, 5.41) is 3.89. The Kier molecular flexibility index (Phi) is 3.42. The Labute approximate surface area is 127 Å². The van der Waals surface area contributed by atoms with Crippen LogP contribution >= 0.6 is 0 Å². The van der Waals surface area contributed by atoms with E-state index in [1.54, 1.807) is 11.1 Å². The molecular formula is C20H23N. The Morgan fingerprint density at radius 1 is 0.857 bits per heavy atom. The number of anilines is 1. The predicted molar refractivity (Wildman–Crippen MR) is 88.6 cm³/mol. The summed E-state index contributed by atoms with van der Waals surface area (Å²) in [7, 11) is 0. The number of benzene rings is 2. The summed E-state index contributed by atoms with van der Waals surface area (Å²) in [5.41, 5.74) is 5.96. The monoisotopic (exact) mass is 277 g/mol. The minimum atomic E-state index is 0.486. The molecule has 4 rings (SSSR count). The van der Waals surface area contributed by atoms with Gasteiger partial charge in [0.1, 0.15) is 0 Å². The molecule has 0 bridgehead atoms. The lowest BCUT2D eigenvalue weighted by atomic mass is 9.90. The van der Waals surface area contributed by atoms with Crippen LogP contribution in [-0.2, 0) is 12.8 Å². The first-order valence-electron chi connectivity index (χ1n) is 8.34.